The van der Waals surface area contributed by atoms with Gasteiger partial charge in [0, 0.05) is 29.6 Å². The van der Waals surface area contributed by atoms with Gasteiger partial charge in [-0.1, -0.05) is 44.1 Å². The number of hydrogen-bond donors (Lipinski definition) is 2. The summed E-state index contributed by atoms with van der Waals surface area (Å²) in [6.07, 6.45) is 5.72. The van der Waals surface area contributed by atoms with Crippen LogP contribution in [0.4, 0.5) is 0 Å². The molecule has 1 heterocycles. The molecule has 1 unspecified atom stereocenters. The highest BCUT2D eigenvalue weighted by Gasteiger charge is 2.21. The number of rotatable bonds is 8. The van der Waals surface area contributed by atoms with Crippen molar-refractivity contribution < 1.29 is 14.4 Å². The molecule has 5 nitrogen and oxygen atoms in total. The lowest BCUT2D eigenvalue weighted by Crippen LogP contribution is -2.32. The van der Waals surface area contributed by atoms with E-state index in [2.05, 4.69) is 31.2 Å². The zero-order valence-electron chi connectivity index (χ0n) is 15.7. The smallest absolute Gasteiger partial charge is 0.159 e. The Balaban J connectivity index is 1.60. The minimum absolute atomic E-state index is 0.0404. The molecule has 5 heteroatoms. The molecule has 0 aliphatic heterocycles. The summed E-state index contributed by atoms with van der Waals surface area (Å²) < 4.78 is 11.2. The van der Waals surface area contributed by atoms with Crippen LogP contribution in [0.5, 0.6) is 5.75 Å². The summed E-state index contributed by atoms with van der Waals surface area (Å²) in [6, 6.07) is 10.3. The molecule has 0 saturated heterocycles. The zero-order chi connectivity index (χ0) is 18.6. The fourth-order valence-corrected chi connectivity index (χ4v) is 2.48. The predicted octanol–water partition coefficient (Wildman–Crippen LogP) is 3.63. The van der Waals surface area contributed by atoms with Gasteiger partial charge in [0.25, 0.3) is 0 Å². The van der Waals surface area contributed by atoms with Gasteiger partial charge in [-0.3, -0.25) is 0 Å². The first-order valence-corrected chi connectivity index (χ1v) is 9.20. The third kappa shape index (κ3) is 5.44. The molecule has 0 bridgehead atoms. The molecule has 0 amide bonds. The molecule has 1 saturated carbocycles. The second-order valence-electron chi connectivity index (χ2n) is 7.88. The van der Waals surface area contributed by atoms with Crippen LogP contribution in [0.15, 0.2) is 34.9 Å². The van der Waals surface area contributed by atoms with Gasteiger partial charge >= 0.3 is 0 Å². The van der Waals surface area contributed by atoms with Crippen LogP contribution in [0.3, 0.4) is 0 Å². The lowest BCUT2D eigenvalue weighted by Gasteiger charge is -2.14. The van der Waals surface area contributed by atoms with Gasteiger partial charge in [0.05, 0.1) is 5.69 Å². The summed E-state index contributed by atoms with van der Waals surface area (Å²) in [5.41, 5.74) is 1.82. The molecule has 1 fully saturated rings. The number of benzene rings is 1. The van der Waals surface area contributed by atoms with E-state index in [1.54, 1.807) is 0 Å². The molecule has 0 radical (unpaired) electrons. The van der Waals surface area contributed by atoms with E-state index < -0.39 is 6.10 Å². The number of nitrogens with one attached hydrogen (secondary N) is 1. The average molecular weight is 356 g/mol. The van der Waals surface area contributed by atoms with Crippen molar-refractivity contribution in [2.24, 2.45) is 0 Å². The van der Waals surface area contributed by atoms with Gasteiger partial charge in [-0.05, 0) is 31.1 Å². The standard InChI is InChI=1S/C21H28N2O3/c1-21(2,3)20-12-18(26-23-20)11-8-15-6-4-5-7-19(15)25-14-17(24)13-22-16-9-10-16/h4-8,11-12,16-17,22,24H,9-10,13-14H2,1-3H3/b11-8-. The second-order valence-corrected chi connectivity index (χ2v) is 7.88. The maximum Gasteiger partial charge on any atom is 0.159 e. The third-order valence-corrected chi connectivity index (χ3v) is 4.29. The van der Waals surface area contributed by atoms with Gasteiger partial charge in [0.15, 0.2) is 5.76 Å². The summed E-state index contributed by atoms with van der Waals surface area (Å²) >= 11 is 0. The number of hydrogen-bond acceptors (Lipinski definition) is 5. The highest BCUT2D eigenvalue weighted by Crippen LogP contribution is 2.24. The number of aliphatic hydroxyl groups excluding tert-OH is 1. The van der Waals surface area contributed by atoms with Gasteiger partial charge in [-0.15, -0.1) is 0 Å². The molecule has 1 aliphatic rings. The minimum Gasteiger partial charge on any atom is -0.490 e. The van der Waals surface area contributed by atoms with Crippen LogP contribution in [0.2, 0.25) is 0 Å². The van der Waals surface area contributed by atoms with Crippen molar-refractivity contribution in [2.45, 2.75) is 51.2 Å². The molecule has 2 N–H and O–H groups in total. The van der Waals surface area contributed by atoms with Crippen LogP contribution in [0.25, 0.3) is 12.2 Å². The van der Waals surface area contributed by atoms with Crippen LogP contribution < -0.4 is 10.1 Å². The van der Waals surface area contributed by atoms with Gasteiger partial charge < -0.3 is 19.7 Å². The number of aromatic nitrogens is 1. The Hall–Kier alpha value is -2.11. The zero-order valence-corrected chi connectivity index (χ0v) is 15.7. The van der Waals surface area contributed by atoms with E-state index in [9.17, 15) is 5.11 Å². The lowest BCUT2D eigenvalue weighted by atomic mass is 9.92. The van der Waals surface area contributed by atoms with Crippen LogP contribution in [0.1, 0.15) is 50.6 Å². The highest BCUT2D eigenvalue weighted by atomic mass is 16.5. The second kappa shape index (κ2) is 8.06. The molecular formula is C21H28N2O3. The van der Waals surface area contributed by atoms with Gasteiger partial charge in [-0.2, -0.15) is 0 Å². The molecule has 26 heavy (non-hydrogen) atoms. The normalized spacial score (nSPS) is 16.2. The average Bonchev–Trinajstić information content (AvgIpc) is 3.31. The van der Waals surface area contributed by atoms with E-state index in [4.69, 9.17) is 9.26 Å². The Morgan fingerprint density at radius 1 is 1.31 bits per heavy atom. The topological polar surface area (TPSA) is 67.5 Å². The molecule has 1 atom stereocenters. The number of aliphatic hydroxyl groups is 1. The van der Waals surface area contributed by atoms with Crippen LogP contribution >= 0.6 is 0 Å². The van der Waals surface area contributed by atoms with Crippen molar-refractivity contribution in [3.8, 4) is 5.75 Å². The predicted molar refractivity (Wildman–Crippen MR) is 103 cm³/mol. The van der Waals surface area contributed by atoms with Crippen molar-refractivity contribution in [2.75, 3.05) is 13.2 Å². The van der Waals surface area contributed by atoms with Gasteiger partial charge in [0.1, 0.15) is 18.5 Å². The summed E-state index contributed by atoms with van der Waals surface area (Å²) in [5.74, 6) is 1.45. The Bertz CT molecular complexity index is 742. The molecule has 1 aromatic carbocycles. The molecule has 1 aromatic heterocycles. The van der Waals surface area contributed by atoms with E-state index in [0.29, 0.717) is 18.3 Å². The quantitative estimate of drug-likeness (QED) is 0.756. The number of ether oxygens (including phenoxy) is 1. The third-order valence-electron chi connectivity index (χ3n) is 4.29. The summed E-state index contributed by atoms with van der Waals surface area (Å²) in [6.45, 7) is 7.14. The first-order valence-electron chi connectivity index (χ1n) is 9.20. The van der Waals surface area contributed by atoms with E-state index in [-0.39, 0.29) is 12.0 Å². The van der Waals surface area contributed by atoms with Crippen LogP contribution in [0, 0.1) is 0 Å². The SMILES string of the molecule is CC(C)(C)c1cc(/C=C\c2ccccc2OCC(O)CNC2CC2)on1. The Morgan fingerprint density at radius 3 is 2.77 bits per heavy atom. The maximum absolute atomic E-state index is 10.0. The number of para-hydroxylation sites is 1. The number of nitrogens with zero attached hydrogens (tertiary/aromatic N) is 1. The molecule has 3 rings (SSSR count). The fraction of sp³-hybridized carbons (Fsp3) is 0.476. The largest absolute Gasteiger partial charge is 0.490 e. The monoisotopic (exact) mass is 356 g/mol. The first kappa shape index (κ1) is 18.7. The Morgan fingerprint density at radius 2 is 2.08 bits per heavy atom. The molecule has 140 valence electrons. The van der Waals surface area contributed by atoms with E-state index in [1.165, 1.54) is 12.8 Å². The lowest BCUT2D eigenvalue weighted by molar-refractivity contribution is 0.106. The molecule has 0 spiro atoms. The molecule has 1 aliphatic carbocycles. The minimum atomic E-state index is -0.517. The highest BCUT2D eigenvalue weighted by molar-refractivity contribution is 5.70. The van der Waals surface area contributed by atoms with Crippen molar-refractivity contribution in [1.82, 2.24) is 10.5 Å². The van der Waals surface area contributed by atoms with Crippen molar-refractivity contribution in [3.63, 3.8) is 0 Å². The van der Waals surface area contributed by atoms with Crippen molar-refractivity contribution >= 4 is 12.2 Å². The van der Waals surface area contributed by atoms with Crippen LogP contribution in [-0.2, 0) is 5.41 Å². The first-order chi connectivity index (χ1) is 12.4. The summed E-state index contributed by atoms with van der Waals surface area (Å²) in [4.78, 5) is 0. The Kier molecular flexibility index (Phi) is 5.79. The van der Waals surface area contributed by atoms with Crippen LogP contribution in [-0.4, -0.2) is 35.6 Å². The maximum atomic E-state index is 10.0. The van der Waals surface area contributed by atoms with E-state index in [0.717, 1.165) is 17.0 Å². The molecule has 2 aromatic rings. The summed E-state index contributed by atoms with van der Waals surface area (Å²) in [7, 11) is 0. The van der Waals surface area contributed by atoms with E-state index >= 15 is 0 Å². The summed E-state index contributed by atoms with van der Waals surface area (Å²) in [5, 5.41) is 17.5. The fourth-order valence-electron chi connectivity index (χ4n) is 2.48. The van der Waals surface area contributed by atoms with Crippen molar-refractivity contribution in [1.29, 1.82) is 0 Å². The van der Waals surface area contributed by atoms with Gasteiger partial charge in [-0.25, -0.2) is 0 Å². The van der Waals surface area contributed by atoms with E-state index in [1.807, 2.05) is 42.5 Å². The van der Waals surface area contributed by atoms with Crippen molar-refractivity contribution in [3.05, 3.63) is 47.3 Å². The van der Waals surface area contributed by atoms with Gasteiger partial charge in [0.2, 0.25) is 0 Å². The Labute approximate surface area is 155 Å². The molecular weight excluding hydrogens is 328 g/mol.